The Labute approximate surface area is 93.5 Å². The van der Waals surface area contributed by atoms with Crippen molar-refractivity contribution in [3.05, 3.63) is 29.8 Å². The van der Waals surface area contributed by atoms with Gasteiger partial charge in [-0.1, -0.05) is 6.07 Å². The summed E-state index contributed by atoms with van der Waals surface area (Å²) in [6.07, 6.45) is 0. The molecule has 0 radical (unpaired) electrons. The Morgan fingerprint density at radius 3 is 2.94 bits per heavy atom. The van der Waals surface area contributed by atoms with Gasteiger partial charge in [0.1, 0.15) is 0 Å². The first-order valence-corrected chi connectivity index (χ1v) is 5.00. The molecule has 1 saturated heterocycles. The zero-order valence-electron chi connectivity index (χ0n) is 8.68. The van der Waals surface area contributed by atoms with Crippen LogP contribution in [0.15, 0.2) is 24.3 Å². The van der Waals surface area contributed by atoms with E-state index < -0.39 is 0 Å². The molecule has 1 aromatic rings. The fourth-order valence-electron chi connectivity index (χ4n) is 1.55. The standard InChI is InChI=1S/C11H12N4O/c12-5-8-2-1-3-10(4-8)14-11(16)15-6-9(13)7-15/h1-4,9H,6-7,13H2,(H,14,16). The number of carbonyl (C=O) groups is 1. The Balaban J connectivity index is 1.98. The summed E-state index contributed by atoms with van der Waals surface area (Å²) in [5.41, 5.74) is 6.74. The number of likely N-dealkylation sites (tertiary alicyclic amines) is 1. The van der Waals surface area contributed by atoms with Crippen LogP contribution in [0, 0.1) is 11.3 Å². The summed E-state index contributed by atoms with van der Waals surface area (Å²) in [7, 11) is 0. The lowest BCUT2D eigenvalue weighted by Gasteiger charge is -2.36. The van der Waals surface area contributed by atoms with Gasteiger partial charge in [0, 0.05) is 24.8 Å². The van der Waals surface area contributed by atoms with E-state index >= 15 is 0 Å². The summed E-state index contributed by atoms with van der Waals surface area (Å²) in [5.74, 6) is 0. The fraction of sp³-hybridized carbons (Fsp3) is 0.273. The van der Waals surface area contributed by atoms with Crippen LogP contribution in [-0.4, -0.2) is 30.1 Å². The van der Waals surface area contributed by atoms with Gasteiger partial charge in [0.05, 0.1) is 11.6 Å². The van der Waals surface area contributed by atoms with Gasteiger partial charge in [0.2, 0.25) is 0 Å². The number of hydrogen-bond acceptors (Lipinski definition) is 3. The van der Waals surface area contributed by atoms with E-state index in [0.29, 0.717) is 24.3 Å². The third-order valence-electron chi connectivity index (χ3n) is 2.44. The van der Waals surface area contributed by atoms with E-state index in [2.05, 4.69) is 5.32 Å². The van der Waals surface area contributed by atoms with E-state index in [4.69, 9.17) is 11.0 Å². The minimum absolute atomic E-state index is 0.0937. The number of rotatable bonds is 1. The molecule has 1 aliphatic heterocycles. The highest BCUT2D eigenvalue weighted by Gasteiger charge is 2.27. The Morgan fingerprint density at radius 1 is 1.56 bits per heavy atom. The topological polar surface area (TPSA) is 82.2 Å². The van der Waals surface area contributed by atoms with Crippen LogP contribution >= 0.6 is 0 Å². The highest BCUT2D eigenvalue weighted by molar-refractivity contribution is 5.90. The summed E-state index contributed by atoms with van der Waals surface area (Å²) >= 11 is 0. The molecule has 3 N–H and O–H groups in total. The fourth-order valence-corrected chi connectivity index (χ4v) is 1.55. The van der Waals surface area contributed by atoms with Gasteiger partial charge >= 0.3 is 6.03 Å². The van der Waals surface area contributed by atoms with Crippen molar-refractivity contribution < 1.29 is 4.79 Å². The number of urea groups is 1. The molecule has 1 aliphatic rings. The van der Waals surface area contributed by atoms with Crippen LogP contribution in [0.5, 0.6) is 0 Å². The van der Waals surface area contributed by atoms with Crippen molar-refractivity contribution >= 4 is 11.7 Å². The van der Waals surface area contributed by atoms with E-state index in [1.807, 2.05) is 6.07 Å². The molecule has 2 rings (SSSR count). The van der Waals surface area contributed by atoms with Crippen molar-refractivity contribution in [3.63, 3.8) is 0 Å². The number of carbonyl (C=O) groups excluding carboxylic acids is 1. The van der Waals surface area contributed by atoms with Gasteiger partial charge in [0.15, 0.2) is 0 Å². The van der Waals surface area contributed by atoms with Crippen LogP contribution in [0.2, 0.25) is 0 Å². The third-order valence-corrected chi connectivity index (χ3v) is 2.44. The van der Waals surface area contributed by atoms with E-state index in [1.54, 1.807) is 29.2 Å². The first-order valence-electron chi connectivity index (χ1n) is 5.00. The maximum absolute atomic E-state index is 11.6. The molecule has 0 spiro atoms. The second kappa shape index (κ2) is 4.21. The molecule has 0 unspecified atom stereocenters. The molecule has 2 amide bonds. The van der Waals surface area contributed by atoms with Crippen molar-refractivity contribution in [3.8, 4) is 6.07 Å². The second-order valence-electron chi connectivity index (χ2n) is 3.79. The lowest BCUT2D eigenvalue weighted by Crippen LogP contribution is -2.58. The number of amides is 2. The van der Waals surface area contributed by atoms with Crippen molar-refractivity contribution in [1.82, 2.24) is 4.90 Å². The van der Waals surface area contributed by atoms with Crippen molar-refractivity contribution in [2.24, 2.45) is 5.73 Å². The van der Waals surface area contributed by atoms with Crippen LogP contribution < -0.4 is 11.1 Å². The highest BCUT2D eigenvalue weighted by atomic mass is 16.2. The molecule has 0 saturated carbocycles. The van der Waals surface area contributed by atoms with Crippen molar-refractivity contribution in [2.75, 3.05) is 18.4 Å². The predicted molar refractivity (Wildman–Crippen MR) is 59.7 cm³/mol. The smallest absolute Gasteiger partial charge is 0.321 e. The first kappa shape index (κ1) is 10.5. The molecule has 5 heteroatoms. The maximum Gasteiger partial charge on any atom is 0.321 e. The minimum Gasteiger partial charge on any atom is -0.325 e. The van der Waals surface area contributed by atoms with Gasteiger partial charge in [-0.15, -0.1) is 0 Å². The molecule has 82 valence electrons. The Hall–Kier alpha value is -2.06. The molecule has 0 bridgehead atoms. The number of nitriles is 1. The van der Waals surface area contributed by atoms with Crippen LogP contribution in [0.25, 0.3) is 0 Å². The Morgan fingerprint density at radius 2 is 2.31 bits per heavy atom. The maximum atomic E-state index is 11.6. The van der Waals surface area contributed by atoms with Crippen molar-refractivity contribution in [1.29, 1.82) is 5.26 Å². The monoisotopic (exact) mass is 216 g/mol. The molecule has 1 heterocycles. The number of hydrogen-bond donors (Lipinski definition) is 2. The molecule has 0 aromatic heterocycles. The van der Waals surface area contributed by atoms with Gasteiger partial charge in [-0.05, 0) is 18.2 Å². The lowest BCUT2D eigenvalue weighted by atomic mass is 10.1. The van der Waals surface area contributed by atoms with E-state index in [0.717, 1.165) is 0 Å². The number of nitrogens with one attached hydrogen (secondary N) is 1. The molecule has 5 nitrogen and oxygen atoms in total. The van der Waals surface area contributed by atoms with Gasteiger partial charge in [-0.2, -0.15) is 5.26 Å². The molecule has 0 atom stereocenters. The molecular formula is C11H12N4O. The third kappa shape index (κ3) is 2.12. The lowest BCUT2D eigenvalue weighted by molar-refractivity contribution is 0.165. The van der Waals surface area contributed by atoms with Crippen molar-refractivity contribution in [2.45, 2.75) is 6.04 Å². The summed E-state index contributed by atoms with van der Waals surface area (Å²) in [5, 5.41) is 11.4. The summed E-state index contributed by atoms with van der Waals surface area (Å²) in [4.78, 5) is 13.2. The summed E-state index contributed by atoms with van der Waals surface area (Å²) in [6, 6.07) is 8.75. The molecule has 1 aromatic carbocycles. The number of benzene rings is 1. The summed E-state index contributed by atoms with van der Waals surface area (Å²) in [6.45, 7) is 1.17. The van der Waals surface area contributed by atoms with Crippen LogP contribution in [0.1, 0.15) is 5.56 Å². The molecule has 16 heavy (non-hydrogen) atoms. The zero-order chi connectivity index (χ0) is 11.5. The Bertz CT molecular complexity index is 446. The van der Waals surface area contributed by atoms with Crippen LogP contribution in [0.3, 0.4) is 0 Å². The van der Waals surface area contributed by atoms with E-state index in [1.165, 1.54) is 0 Å². The average Bonchev–Trinajstić information content (AvgIpc) is 2.25. The largest absolute Gasteiger partial charge is 0.325 e. The van der Waals surface area contributed by atoms with Gasteiger partial charge in [-0.3, -0.25) is 0 Å². The number of nitrogens with two attached hydrogens (primary N) is 1. The highest BCUT2D eigenvalue weighted by Crippen LogP contribution is 2.13. The first-order chi connectivity index (χ1) is 7.69. The van der Waals surface area contributed by atoms with E-state index in [9.17, 15) is 4.79 Å². The summed E-state index contributed by atoms with van der Waals surface area (Å²) < 4.78 is 0. The number of anilines is 1. The molecular weight excluding hydrogens is 204 g/mol. The quantitative estimate of drug-likeness (QED) is 0.726. The van der Waals surface area contributed by atoms with Gasteiger partial charge < -0.3 is 16.0 Å². The Kier molecular flexibility index (Phi) is 2.75. The predicted octanol–water partition coefficient (Wildman–Crippen LogP) is 0.733. The average molecular weight is 216 g/mol. The van der Waals surface area contributed by atoms with Gasteiger partial charge in [0.25, 0.3) is 0 Å². The normalized spacial score (nSPS) is 15.1. The van der Waals surface area contributed by atoms with Gasteiger partial charge in [-0.25, -0.2) is 4.79 Å². The minimum atomic E-state index is -0.170. The number of nitrogens with zero attached hydrogens (tertiary/aromatic N) is 2. The molecule has 1 fully saturated rings. The van der Waals surface area contributed by atoms with E-state index in [-0.39, 0.29) is 12.1 Å². The van der Waals surface area contributed by atoms with Crippen LogP contribution in [0.4, 0.5) is 10.5 Å². The second-order valence-corrected chi connectivity index (χ2v) is 3.79. The molecule has 0 aliphatic carbocycles. The van der Waals surface area contributed by atoms with Crippen LogP contribution in [-0.2, 0) is 0 Å². The zero-order valence-corrected chi connectivity index (χ0v) is 8.68. The SMILES string of the molecule is N#Cc1cccc(NC(=O)N2CC(N)C2)c1.